The van der Waals surface area contributed by atoms with Crippen LogP contribution in [0.3, 0.4) is 0 Å². The zero-order chi connectivity index (χ0) is 31.5. The van der Waals surface area contributed by atoms with Crippen LogP contribution in [-0.4, -0.2) is 82.7 Å². The van der Waals surface area contributed by atoms with Crippen LogP contribution in [0.15, 0.2) is 18.3 Å². The molecule has 4 heterocycles. The number of anilines is 1. The first kappa shape index (κ1) is 30.4. The number of nitrogens with zero attached hydrogens (tertiary/aromatic N) is 5. The number of piperazine rings is 1. The van der Waals surface area contributed by atoms with Gasteiger partial charge < -0.3 is 15.0 Å². The third-order valence-corrected chi connectivity index (χ3v) is 8.61. The molecule has 0 bridgehead atoms. The summed E-state index contributed by atoms with van der Waals surface area (Å²) in [7, 11) is 1.76. The number of likely N-dealkylation sites (tertiary alicyclic amines) is 1. The second kappa shape index (κ2) is 11.4. The van der Waals surface area contributed by atoms with Crippen LogP contribution in [0, 0.1) is 18.6 Å². The molecule has 0 saturated carbocycles. The number of H-pyrrole nitrogens is 1. The fourth-order valence-electron chi connectivity index (χ4n) is 6.52. The number of benzene rings is 2. The van der Waals surface area contributed by atoms with Crippen molar-refractivity contribution in [2.24, 2.45) is 0 Å². The van der Waals surface area contributed by atoms with E-state index >= 15 is 8.78 Å². The average Bonchev–Trinajstić information content (AvgIpc) is 3.55. The van der Waals surface area contributed by atoms with E-state index in [1.807, 2.05) is 18.7 Å². The number of aromatic nitrogens is 4. The highest BCUT2D eigenvalue weighted by Crippen LogP contribution is 2.46. The van der Waals surface area contributed by atoms with E-state index in [4.69, 9.17) is 4.74 Å². The van der Waals surface area contributed by atoms with Gasteiger partial charge in [-0.2, -0.15) is 28.2 Å². The minimum atomic E-state index is -4.92. The lowest BCUT2D eigenvalue weighted by atomic mass is 9.91. The minimum Gasteiger partial charge on any atom is -0.462 e. The third-order valence-electron chi connectivity index (χ3n) is 8.61. The molecular formula is C30H33F6N7O. The second-order valence-corrected chi connectivity index (χ2v) is 11.9. The Kier molecular flexibility index (Phi) is 7.85. The molecule has 2 saturated heterocycles. The Morgan fingerprint density at radius 2 is 1.84 bits per heavy atom. The van der Waals surface area contributed by atoms with E-state index in [2.05, 4.69) is 25.5 Å². The van der Waals surface area contributed by atoms with Gasteiger partial charge in [-0.1, -0.05) is 6.92 Å². The Morgan fingerprint density at radius 3 is 2.52 bits per heavy atom. The second-order valence-electron chi connectivity index (χ2n) is 11.9. The molecule has 4 aromatic rings. The molecule has 2 aliphatic rings. The molecule has 14 heteroatoms. The summed E-state index contributed by atoms with van der Waals surface area (Å²) in [5.74, 6) is -2.26. The van der Waals surface area contributed by atoms with Crippen LogP contribution < -0.4 is 15.0 Å². The number of hydrogen-bond donors (Lipinski definition) is 2. The van der Waals surface area contributed by atoms with Crippen molar-refractivity contribution in [3.63, 3.8) is 0 Å². The highest BCUT2D eigenvalue weighted by Gasteiger charge is 2.39. The molecule has 236 valence electrons. The van der Waals surface area contributed by atoms with Crippen molar-refractivity contribution < 1.29 is 31.1 Å². The molecule has 0 unspecified atom stereocenters. The quantitative estimate of drug-likeness (QED) is 0.265. The molecule has 0 amide bonds. The molecule has 6 rings (SSSR count). The predicted octanol–water partition coefficient (Wildman–Crippen LogP) is 5.78. The van der Waals surface area contributed by atoms with E-state index in [0.717, 1.165) is 18.7 Å². The van der Waals surface area contributed by atoms with Gasteiger partial charge in [0.25, 0.3) is 0 Å². The molecule has 0 radical (unpaired) electrons. The fraction of sp³-hybridized carbons (Fsp3) is 0.500. The van der Waals surface area contributed by atoms with Gasteiger partial charge in [0.05, 0.1) is 22.8 Å². The molecular weight excluding hydrogens is 588 g/mol. The van der Waals surface area contributed by atoms with Gasteiger partial charge in [0.1, 0.15) is 29.9 Å². The normalized spacial score (nSPS) is 23.3. The van der Waals surface area contributed by atoms with Crippen molar-refractivity contribution in [2.45, 2.75) is 64.1 Å². The SMILES string of the molecule is CC[C@@H]1CN(c2nc(OC[C@@H]3C[C@@H](F)CN3C)nc3c(F)c(-c4c(C(F)(F)F)c(C)cc5[nH]ncc45)c(F)cc23)C[C@@H](C)N1. The summed E-state index contributed by atoms with van der Waals surface area (Å²) in [4.78, 5) is 12.5. The summed E-state index contributed by atoms with van der Waals surface area (Å²) in [5, 5.41) is 9.82. The van der Waals surface area contributed by atoms with E-state index in [1.165, 1.54) is 13.0 Å². The average molecular weight is 622 g/mol. The van der Waals surface area contributed by atoms with Crippen molar-refractivity contribution in [3.8, 4) is 17.1 Å². The van der Waals surface area contributed by atoms with Crippen LogP contribution in [0.2, 0.25) is 0 Å². The minimum absolute atomic E-state index is 0.00603. The zero-order valence-corrected chi connectivity index (χ0v) is 24.7. The van der Waals surface area contributed by atoms with Gasteiger partial charge in [-0.15, -0.1) is 0 Å². The number of aromatic amines is 1. The van der Waals surface area contributed by atoms with Crippen molar-refractivity contribution >= 4 is 27.6 Å². The Balaban J connectivity index is 1.56. The number of nitrogens with one attached hydrogen (secondary N) is 2. The molecule has 2 N–H and O–H groups in total. The Labute approximate surface area is 249 Å². The summed E-state index contributed by atoms with van der Waals surface area (Å²) in [6, 6.07) is 1.81. The number of hydrogen-bond acceptors (Lipinski definition) is 7. The third kappa shape index (κ3) is 5.42. The molecule has 4 atom stereocenters. The van der Waals surface area contributed by atoms with Crippen molar-refractivity contribution in [1.82, 2.24) is 30.4 Å². The molecule has 8 nitrogen and oxygen atoms in total. The number of halogens is 6. The molecule has 2 aromatic carbocycles. The Hall–Kier alpha value is -3.65. The number of rotatable bonds is 6. The van der Waals surface area contributed by atoms with Crippen LogP contribution in [0.4, 0.5) is 32.2 Å². The van der Waals surface area contributed by atoms with Crippen molar-refractivity contribution in [1.29, 1.82) is 0 Å². The number of aryl methyl sites for hydroxylation is 1. The van der Waals surface area contributed by atoms with Gasteiger partial charge in [0, 0.05) is 54.1 Å². The first-order valence-corrected chi connectivity index (χ1v) is 14.6. The van der Waals surface area contributed by atoms with Crippen LogP contribution in [0.25, 0.3) is 32.9 Å². The molecule has 44 heavy (non-hydrogen) atoms. The summed E-state index contributed by atoms with van der Waals surface area (Å²) in [6.45, 7) is 6.40. The first-order valence-electron chi connectivity index (χ1n) is 14.6. The summed E-state index contributed by atoms with van der Waals surface area (Å²) < 4.78 is 95.9. The Morgan fingerprint density at radius 1 is 1.07 bits per heavy atom. The van der Waals surface area contributed by atoms with E-state index in [9.17, 15) is 17.6 Å². The molecule has 2 aromatic heterocycles. The predicted molar refractivity (Wildman–Crippen MR) is 155 cm³/mol. The number of likely N-dealkylation sites (N-methyl/N-ethyl adjacent to an activating group) is 1. The maximum absolute atomic E-state index is 16.7. The molecule has 0 spiro atoms. The highest BCUT2D eigenvalue weighted by molar-refractivity contribution is 6.01. The van der Waals surface area contributed by atoms with Gasteiger partial charge in [-0.3, -0.25) is 10.00 Å². The summed E-state index contributed by atoms with van der Waals surface area (Å²) >= 11 is 0. The van der Waals surface area contributed by atoms with Gasteiger partial charge in [0.2, 0.25) is 0 Å². The van der Waals surface area contributed by atoms with Gasteiger partial charge in [-0.25, -0.2) is 13.2 Å². The van der Waals surface area contributed by atoms with Crippen molar-refractivity contribution in [2.75, 3.05) is 38.2 Å². The van der Waals surface area contributed by atoms with Crippen LogP contribution in [0.5, 0.6) is 6.01 Å². The standard InChI is InChI=1S/C30H33F6N7O/c1-5-17-12-43(10-15(3)38-17)28-19-8-21(32)24(23-20-9-37-41-22(20)6-14(2)25(23)30(34,35)36)26(33)27(19)39-29(40-28)44-13-18-7-16(31)11-42(18)4/h6,8-9,15-18,38H,5,7,10-13H2,1-4H3,(H,37,41)/t15-,16-,17-,18+/m1/s1. The lowest BCUT2D eigenvalue weighted by molar-refractivity contribution is -0.137. The van der Waals surface area contributed by atoms with Crippen LogP contribution in [-0.2, 0) is 6.18 Å². The zero-order valence-electron chi connectivity index (χ0n) is 24.7. The van der Waals surface area contributed by atoms with Crippen molar-refractivity contribution in [3.05, 3.63) is 41.1 Å². The first-order chi connectivity index (χ1) is 20.8. The van der Waals surface area contributed by atoms with Gasteiger partial charge in [0.15, 0.2) is 5.82 Å². The smallest absolute Gasteiger partial charge is 0.417 e. The van der Waals surface area contributed by atoms with Crippen LogP contribution in [0.1, 0.15) is 37.8 Å². The highest BCUT2D eigenvalue weighted by atomic mass is 19.4. The molecule has 2 fully saturated rings. The number of ether oxygens (including phenoxy) is 1. The van der Waals surface area contributed by atoms with E-state index in [-0.39, 0.29) is 76.9 Å². The summed E-state index contributed by atoms with van der Waals surface area (Å²) in [5.41, 5.74) is -3.10. The molecule has 2 aliphatic heterocycles. The van der Waals surface area contributed by atoms with E-state index in [1.54, 1.807) is 11.9 Å². The van der Waals surface area contributed by atoms with Crippen LogP contribution >= 0.6 is 0 Å². The van der Waals surface area contributed by atoms with E-state index < -0.39 is 40.7 Å². The van der Waals surface area contributed by atoms with E-state index in [0.29, 0.717) is 13.1 Å². The fourth-order valence-corrected chi connectivity index (χ4v) is 6.52. The summed E-state index contributed by atoms with van der Waals surface area (Å²) in [6.07, 6.45) is -3.80. The van der Waals surface area contributed by atoms with Gasteiger partial charge in [-0.05, 0) is 51.4 Å². The monoisotopic (exact) mass is 621 g/mol. The number of alkyl halides is 4. The topological polar surface area (TPSA) is 82.2 Å². The van der Waals surface area contributed by atoms with Gasteiger partial charge >= 0.3 is 12.2 Å². The number of fused-ring (bicyclic) bond motifs is 2. The maximum atomic E-state index is 16.7. The maximum Gasteiger partial charge on any atom is 0.417 e. The molecule has 0 aliphatic carbocycles. The largest absolute Gasteiger partial charge is 0.462 e. The lowest BCUT2D eigenvalue weighted by Crippen LogP contribution is -2.55. The Bertz CT molecular complexity index is 1710. The lowest BCUT2D eigenvalue weighted by Gasteiger charge is -2.38.